The topological polar surface area (TPSA) is 43.8 Å². The molecule has 1 heterocycles. The number of halogens is 1. The van der Waals surface area contributed by atoms with Gasteiger partial charge in [-0.25, -0.2) is 4.98 Å². The molecule has 0 radical (unpaired) electrons. The van der Waals surface area contributed by atoms with Gasteiger partial charge in [-0.1, -0.05) is 11.6 Å². The van der Waals surface area contributed by atoms with Gasteiger partial charge in [0.2, 0.25) is 0 Å². The SMILES string of the molecule is Cc1nc2c(n1Cc1cc(Cl)ccc1N)CCCC2. The Morgan fingerprint density at radius 3 is 2.95 bits per heavy atom. The summed E-state index contributed by atoms with van der Waals surface area (Å²) in [5, 5.41) is 0.732. The van der Waals surface area contributed by atoms with Crippen LogP contribution in [0.25, 0.3) is 0 Å². The Hall–Kier alpha value is -1.48. The molecule has 1 aliphatic carbocycles. The molecule has 19 heavy (non-hydrogen) atoms. The fourth-order valence-electron chi connectivity index (χ4n) is 2.83. The van der Waals surface area contributed by atoms with Crippen LogP contribution in [0.1, 0.15) is 35.6 Å². The monoisotopic (exact) mass is 275 g/mol. The summed E-state index contributed by atoms with van der Waals surface area (Å²) in [5.41, 5.74) is 10.5. The van der Waals surface area contributed by atoms with E-state index in [0.717, 1.165) is 41.5 Å². The lowest BCUT2D eigenvalue weighted by molar-refractivity contribution is 0.625. The second kappa shape index (κ2) is 4.89. The normalized spacial score (nSPS) is 14.4. The van der Waals surface area contributed by atoms with Gasteiger partial charge in [-0.05, 0) is 56.4 Å². The van der Waals surface area contributed by atoms with E-state index in [1.807, 2.05) is 18.2 Å². The van der Waals surface area contributed by atoms with Gasteiger partial charge >= 0.3 is 0 Å². The molecule has 0 aliphatic heterocycles. The number of benzene rings is 1. The minimum Gasteiger partial charge on any atom is -0.398 e. The fraction of sp³-hybridized carbons (Fsp3) is 0.400. The van der Waals surface area contributed by atoms with E-state index < -0.39 is 0 Å². The van der Waals surface area contributed by atoms with Crippen molar-refractivity contribution in [3.05, 3.63) is 46.0 Å². The van der Waals surface area contributed by atoms with E-state index in [9.17, 15) is 0 Å². The van der Waals surface area contributed by atoms with Crippen molar-refractivity contribution < 1.29 is 0 Å². The summed E-state index contributed by atoms with van der Waals surface area (Å²) in [6.45, 7) is 2.83. The van der Waals surface area contributed by atoms with Gasteiger partial charge in [-0.3, -0.25) is 0 Å². The molecule has 1 aromatic heterocycles. The van der Waals surface area contributed by atoms with Gasteiger partial charge in [-0.15, -0.1) is 0 Å². The lowest BCUT2D eigenvalue weighted by Crippen LogP contribution is -2.11. The van der Waals surface area contributed by atoms with Crippen molar-refractivity contribution in [2.75, 3.05) is 5.73 Å². The summed E-state index contributed by atoms with van der Waals surface area (Å²) in [5.74, 6) is 1.08. The number of nitrogen functional groups attached to an aromatic ring is 1. The minimum absolute atomic E-state index is 0.732. The first-order valence-electron chi connectivity index (χ1n) is 6.74. The Kier molecular flexibility index (Phi) is 3.23. The molecule has 0 fully saturated rings. The van der Waals surface area contributed by atoms with Gasteiger partial charge < -0.3 is 10.3 Å². The molecule has 1 aromatic carbocycles. The zero-order valence-electron chi connectivity index (χ0n) is 11.1. The van der Waals surface area contributed by atoms with Gasteiger partial charge in [-0.2, -0.15) is 0 Å². The number of imidazole rings is 1. The van der Waals surface area contributed by atoms with Crippen molar-refractivity contribution in [1.29, 1.82) is 0 Å². The molecule has 0 amide bonds. The molecule has 0 spiro atoms. The van der Waals surface area contributed by atoms with Gasteiger partial charge in [0.25, 0.3) is 0 Å². The van der Waals surface area contributed by atoms with Crippen molar-refractivity contribution in [3.63, 3.8) is 0 Å². The zero-order chi connectivity index (χ0) is 13.4. The summed E-state index contributed by atoms with van der Waals surface area (Å²) < 4.78 is 2.29. The molecule has 2 N–H and O–H groups in total. The maximum atomic E-state index is 6.06. The maximum Gasteiger partial charge on any atom is 0.106 e. The molecule has 0 saturated heterocycles. The molecule has 0 atom stereocenters. The van der Waals surface area contributed by atoms with Crippen molar-refractivity contribution in [2.24, 2.45) is 0 Å². The van der Waals surface area contributed by atoms with Crippen LogP contribution in [0.15, 0.2) is 18.2 Å². The van der Waals surface area contributed by atoms with Crippen LogP contribution < -0.4 is 5.73 Å². The first-order valence-corrected chi connectivity index (χ1v) is 7.11. The summed E-state index contributed by atoms with van der Waals surface area (Å²) >= 11 is 6.06. The quantitative estimate of drug-likeness (QED) is 0.854. The third-order valence-corrected chi connectivity index (χ3v) is 4.09. The number of rotatable bonds is 2. The van der Waals surface area contributed by atoms with E-state index in [-0.39, 0.29) is 0 Å². The van der Waals surface area contributed by atoms with Crippen LogP contribution in [0.5, 0.6) is 0 Å². The maximum absolute atomic E-state index is 6.06. The molecule has 0 unspecified atom stereocenters. The molecular formula is C15H18ClN3. The molecule has 1 aliphatic rings. The third kappa shape index (κ3) is 2.35. The molecule has 3 nitrogen and oxygen atoms in total. The number of nitrogens with zero attached hydrogens (tertiary/aromatic N) is 2. The standard InChI is InChI=1S/C15H18ClN3/c1-10-18-14-4-2-3-5-15(14)19(10)9-11-8-12(16)6-7-13(11)17/h6-8H,2-5,9,17H2,1H3. The largest absolute Gasteiger partial charge is 0.398 e. The van der Waals surface area contributed by atoms with Gasteiger partial charge in [0.1, 0.15) is 5.82 Å². The average Bonchev–Trinajstić information content (AvgIpc) is 2.71. The highest BCUT2D eigenvalue weighted by Crippen LogP contribution is 2.25. The van der Waals surface area contributed by atoms with Crippen molar-refractivity contribution >= 4 is 17.3 Å². The fourth-order valence-corrected chi connectivity index (χ4v) is 3.02. The predicted molar refractivity (Wildman–Crippen MR) is 78.6 cm³/mol. The Labute approximate surface area is 118 Å². The first-order chi connectivity index (χ1) is 9.15. The lowest BCUT2D eigenvalue weighted by Gasteiger charge is -2.16. The number of fused-ring (bicyclic) bond motifs is 1. The number of nitrogens with two attached hydrogens (primary N) is 1. The van der Waals surface area contributed by atoms with Gasteiger partial charge in [0.15, 0.2) is 0 Å². The zero-order valence-corrected chi connectivity index (χ0v) is 11.9. The summed E-state index contributed by atoms with van der Waals surface area (Å²) in [4.78, 5) is 4.69. The van der Waals surface area contributed by atoms with E-state index in [2.05, 4.69) is 16.5 Å². The highest BCUT2D eigenvalue weighted by Gasteiger charge is 2.18. The van der Waals surface area contributed by atoms with Crippen molar-refractivity contribution in [1.82, 2.24) is 9.55 Å². The number of aryl methyl sites for hydroxylation is 2. The van der Waals surface area contributed by atoms with Crippen LogP contribution in [0, 0.1) is 6.92 Å². The van der Waals surface area contributed by atoms with Crippen LogP contribution in [0.3, 0.4) is 0 Å². The smallest absolute Gasteiger partial charge is 0.106 e. The number of hydrogen-bond acceptors (Lipinski definition) is 2. The van der Waals surface area contributed by atoms with Crippen molar-refractivity contribution in [3.8, 4) is 0 Å². The Morgan fingerprint density at radius 1 is 1.32 bits per heavy atom. The van der Waals surface area contributed by atoms with Crippen LogP contribution in [-0.4, -0.2) is 9.55 Å². The van der Waals surface area contributed by atoms with E-state index in [0.29, 0.717) is 0 Å². The van der Waals surface area contributed by atoms with E-state index in [4.69, 9.17) is 17.3 Å². The molecular weight excluding hydrogens is 258 g/mol. The van der Waals surface area contributed by atoms with Crippen LogP contribution >= 0.6 is 11.6 Å². The summed E-state index contributed by atoms with van der Waals surface area (Å²) in [6.07, 6.45) is 4.73. The first kappa shape index (κ1) is 12.5. The molecule has 0 bridgehead atoms. The highest BCUT2D eigenvalue weighted by atomic mass is 35.5. The van der Waals surface area contributed by atoms with Gasteiger partial charge in [0, 0.05) is 16.4 Å². The van der Waals surface area contributed by atoms with Gasteiger partial charge in [0.05, 0.1) is 12.2 Å². The van der Waals surface area contributed by atoms with E-state index in [1.165, 1.54) is 24.2 Å². The molecule has 3 rings (SSSR count). The average molecular weight is 276 g/mol. The van der Waals surface area contributed by atoms with Crippen LogP contribution in [0.4, 0.5) is 5.69 Å². The van der Waals surface area contributed by atoms with Crippen molar-refractivity contribution in [2.45, 2.75) is 39.2 Å². The number of hydrogen-bond donors (Lipinski definition) is 1. The molecule has 0 saturated carbocycles. The Morgan fingerprint density at radius 2 is 2.11 bits per heavy atom. The lowest BCUT2D eigenvalue weighted by atomic mass is 10.0. The second-order valence-electron chi connectivity index (χ2n) is 5.19. The van der Waals surface area contributed by atoms with Crippen LogP contribution in [-0.2, 0) is 19.4 Å². The number of aromatic nitrogens is 2. The van der Waals surface area contributed by atoms with E-state index in [1.54, 1.807) is 0 Å². The highest BCUT2D eigenvalue weighted by molar-refractivity contribution is 6.30. The third-order valence-electron chi connectivity index (χ3n) is 3.86. The molecule has 100 valence electrons. The predicted octanol–water partition coefficient (Wildman–Crippen LogP) is 3.35. The van der Waals surface area contributed by atoms with E-state index >= 15 is 0 Å². The molecule has 2 aromatic rings. The minimum atomic E-state index is 0.732. The summed E-state index contributed by atoms with van der Waals surface area (Å²) in [6, 6.07) is 5.65. The van der Waals surface area contributed by atoms with Crippen LogP contribution in [0.2, 0.25) is 5.02 Å². The Bertz CT molecular complexity index is 616. The summed E-state index contributed by atoms with van der Waals surface area (Å²) in [7, 11) is 0. The number of anilines is 1. The molecule has 4 heteroatoms. The Balaban J connectivity index is 1.99. The second-order valence-corrected chi connectivity index (χ2v) is 5.63.